The lowest BCUT2D eigenvalue weighted by Gasteiger charge is -2.06. The van der Waals surface area contributed by atoms with Gasteiger partial charge in [0.2, 0.25) is 5.95 Å². The van der Waals surface area contributed by atoms with E-state index in [1.165, 1.54) is 12.1 Å². The van der Waals surface area contributed by atoms with Crippen molar-refractivity contribution in [3.8, 4) is 17.0 Å². The molecular formula is C12H14FN3O. The second-order valence-electron chi connectivity index (χ2n) is 3.65. The van der Waals surface area contributed by atoms with E-state index in [0.717, 1.165) is 5.69 Å². The predicted molar refractivity (Wildman–Crippen MR) is 64.8 cm³/mol. The maximum atomic E-state index is 13.3. The van der Waals surface area contributed by atoms with Crippen molar-refractivity contribution in [1.29, 1.82) is 0 Å². The molecule has 0 bridgehead atoms. The maximum absolute atomic E-state index is 13.3. The first kappa shape index (κ1) is 11.4. The molecule has 1 aromatic heterocycles. The zero-order chi connectivity index (χ0) is 12.4. The first-order valence-corrected chi connectivity index (χ1v) is 5.24. The number of aryl methyl sites for hydroxylation is 1. The minimum atomic E-state index is -0.311. The Labute approximate surface area is 98.8 Å². The van der Waals surface area contributed by atoms with Crippen LogP contribution in [0.1, 0.15) is 5.69 Å². The third-order valence-corrected chi connectivity index (χ3v) is 2.54. The molecule has 0 atom stereocenters. The van der Waals surface area contributed by atoms with E-state index < -0.39 is 0 Å². The predicted octanol–water partition coefficient (Wildman–Crippen LogP) is 2.57. The molecule has 2 N–H and O–H groups in total. The summed E-state index contributed by atoms with van der Waals surface area (Å²) in [6.45, 7) is 1.88. The van der Waals surface area contributed by atoms with Crippen LogP contribution in [0, 0.1) is 12.7 Å². The molecule has 0 aliphatic rings. The Morgan fingerprint density at radius 1 is 1.41 bits per heavy atom. The van der Waals surface area contributed by atoms with E-state index in [0.29, 0.717) is 23.0 Å². The van der Waals surface area contributed by atoms with Gasteiger partial charge in [-0.3, -0.25) is 0 Å². The smallest absolute Gasteiger partial charge is 0.200 e. The fourth-order valence-corrected chi connectivity index (χ4v) is 1.71. The topological polar surface area (TPSA) is 49.9 Å². The lowest BCUT2D eigenvalue weighted by atomic mass is 10.1. The molecule has 4 nitrogen and oxygen atoms in total. The van der Waals surface area contributed by atoms with Crippen LogP contribution in [-0.4, -0.2) is 24.1 Å². The van der Waals surface area contributed by atoms with Crippen LogP contribution in [0.4, 0.5) is 10.3 Å². The zero-order valence-corrected chi connectivity index (χ0v) is 9.97. The van der Waals surface area contributed by atoms with Crippen LogP contribution in [0.5, 0.6) is 5.75 Å². The average Bonchev–Trinajstić information content (AvgIpc) is 2.70. The van der Waals surface area contributed by atoms with Crippen LogP contribution in [0.3, 0.4) is 0 Å². The lowest BCUT2D eigenvalue weighted by Crippen LogP contribution is -1.91. The van der Waals surface area contributed by atoms with Crippen LogP contribution in [0.2, 0.25) is 0 Å². The highest BCUT2D eigenvalue weighted by Crippen LogP contribution is 2.32. The molecule has 0 unspecified atom stereocenters. The van der Waals surface area contributed by atoms with Crippen LogP contribution in [-0.2, 0) is 0 Å². The molecule has 0 spiro atoms. The molecule has 0 saturated carbocycles. The number of halogens is 1. The van der Waals surface area contributed by atoms with E-state index in [4.69, 9.17) is 4.74 Å². The fourth-order valence-electron chi connectivity index (χ4n) is 1.71. The number of nitrogens with zero attached hydrogens (tertiary/aromatic N) is 1. The molecule has 0 saturated heterocycles. The van der Waals surface area contributed by atoms with Gasteiger partial charge in [0.15, 0.2) is 0 Å². The summed E-state index contributed by atoms with van der Waals surface area (Å²) in [7, 11) is 3.32. The van der Waals surface area contributed by atoms with Crippen molar-refractivity contribution >= 4 is 5.95 Å². The minimum absolute atomic E-state index is 0.311. The molecule has 0 aliphatic heterocycles. The molecule has 1 heterocycles. The molecule has 0 aliphatic carbocycles. The van der Waals surface area contributed by atoms with E-state index in [1.807, 2.05) is 6.92 Å². The van der Waals surface area contributed by atoms with E-state index in [2.05, 4.69) is 15.3 Å². The van der Waals surface area contributed by atoms with Crippen LogP contribution >= 0.6 is 0 Å². The van der Waals surface area contributed by atoms with Crippen molar-refractivity contribution in [3.05, 3.63) is 29.7 Å². The molecule has 2 aromatic rings. The van der Waals surface area contributed by atoms with Gasteiger partial charge in [0.1, 0.15) is 11.6 Å². The summed E-state index contributed by atoms with van der Waals surface area (Å²) in [5.74, 6) is 0.932. The number of imidazole rings is 1. The van der Waals surface area contributed by atoms with Crippen molar-refractivity contribution in [2.75, 3.05) is 19.5 Å². The highest BCUT2D eigenvalue weighted by atomic mass is 19.1. The Balaban J connectivity index is 2.58. The summed E-state index contributed by atoms with van der Waals surface area (Å²) in [6, 6.07) is 4.38. The number of benzene rings is 1. The normalized spacial score (nSPS) is 10.4. The van der Waals surface area contributed by atoms with Crippen LogP contribution in [0.15, 0.2) is 18.2 Å². The fraction of sp³-hybridized carbons (Fsp3) is 0.250. The Kier molecular flexibility index (Phi) is 2.99. The number of aromatic amines is 1. The van der Waals surface area contributed by atoms with E-state index in [9.17, 15) is 4.39 Å². The highest BCUT2D eigenvalue weighted by molar-refractivity contribution is 5.70. The lowest BCUT2D eigenvalue weighted by molar-refractivity contribution is 0.415. The summed E-state index contributed by atoms with van der Waals surface area (Å²) in [5.41, 5.74) is 2.19. The molecule has 0 fully saturated rings. The van der Waals surface area contributed by atoms with Crippen molar-refractivity contribution in [2.45, 2.75) is 6.92 Å². The van der Waals surface area contributed by atoms with Gasteiger partial charge in [-0.1, -0.05) is 0 Å². The van der Waals surface area contributed by atoms with E-state index in [-0.39, 0.29) is 5.82 Å². The van der Waals surface area contributed by atoms with Gasteiger partial charge in [0.25, 0.3) is 0 Å². The van der Waals surface area contributed by atoms with Gasteiger partial charge >= 0.3 is 0 Å². The monoisotopic (exact) mass is 235 g/mol. The van der Waals surface area contributed by atoms with Gasteiger partial charge in [-0.15, -0.1) is 0 Å². The third kappa shape index (κ3) is 2.08. The Morgan fingerprint density at radius 3 is 2.76 bits per heavy atom. The van der Waals surface area contributed by atoms with E-state index in [1.54, 1.807) is 20.2 Å². The second-order valence-corrected chi connectivity index (χ2v) is 3.65. The standard InChI is InChI=1S/C12H14FN3O/c1-7-11(16-12(14-2)15-7)9-6-8(13)4-5-10(9)17-3/h4-6H,1-3H3,(H2,14,15,16). The molecule has 0 radical (unpaired) electrons. The SMILES string of the molecule is CNc1nc(-c2cc(F)ccc2OC)c(C)[nH]1. The summed E-state index contributed by atoms with van der Waals surface area (Å²) in [4.78, 5) is 7.40. The average molecular weight is 235 g/mol. The van der Waals surface area contributed by atoms with Gasteiger partial charge in [-0.25, -0.2) is 9.37 Å². The number of rotatable bonds is 3. The van der Waals surface area contributed by atoms with Gasteiger partial charge < -0.3 is 15.0 Å². The summed E-state index contributed by atoms with van der Waals surface area (Å²) in [6.07, 6.45) is 0. The second kappa shape index (κ2) is 4.45. The number of hydrogen-bond acceptors (Lipinski definition) is 3. The van der Waals surface area contributed by atoms with Crippen molar-refractivity contribution in [2.24, 2.45) is 0 Å². The molecule has 2 rings (SSSR count). The van der Waals surface area contributed by atoms with Gasteiger partial charge in [-0.2, -0.15) is 0 Å². The van der Waals surface area contributed by atoms with Gasteiger partial charge in [0, 0.05) is 18.3 Å². The molecule has 1 aromatic carbocycles. The molecule has 0 amide bonds. The molecule has 90 valence electrons. The Bertz CT molecular complexity index is 537. The number of nitrogens with one attached hydrogen (secondary N) is 2. The number of ether oxygens (including phenoxy) is 1. The summed E-state index contributed by atoms with van der Waals surface area (Å²) >= 11 is 0. The highest BCUT2D eigenvalue weighted by Gasteiger charge is 2.13. The Hall–Kier alpha value is -2.04. The van der Waals surface area contributed by atoms with Gasteiger partial charge in [0.05, 0.1) is 12.8 Å². The summed E-state index contributed by atoms with van der Waals surface area (Å²) < 4.78 is 18.5. The number of anilines is 1. The molecule has 17 heavy (non-hydrogen) atoms. The minimum Gasteiger partial charge on any atom is -0.496 e. The largest absolute Gasteiger partial charge is 0.496 e. The van der Waals surface area contributed by atoms with Crippen LogP contribution < -0.4 is 10.1 Å². The molecule has 5 heteroatoms. The van der Waals surface area contributed by atoms with Gasteiger partial charge in [-0.05, 0) is 25.1 Å². The number of aromatic nitrogens is 2. The maximum Gasteiger partial charge on any atom is 0.200 e. The first-order chi connectivity index (χ1) is 8.15. The van der Waals surface area contributed by atoms with Crippen molar-refractivity contribution in [1.82, 2.24) is 9.97 Å². The first-order valence-electron chi connectivity index (χ1n) is 5.24. The van der Waals surface area contributed by atoms with E-state index >= 15 is 0 Å². The number of methoxy groups -OCH3 is 1. The van der Waals surface area contributed by atoms with Crippen molar-refractivity contribution < 1.29 is 9.13 Å². The van der Waals surface area contributed by atoms with Crippen molar-refractivity contribution in [3.63, 3.8) is 0 Å². The zero-order valence-electron chi connectivity index (χ0n) is 9.97. The number of hydrogen-bond donors (Lipinski definition) is 2. The number of H-pyrrole nitrogens is 1. The van der Waals surface area contributed by atoms with Crippen LogP contribution in [0.25, 0.3) is 11.3 Å². The molecular weight excluding hydrogens is 221 g/mol. The quantitative estimate of drug-likeness (QED) is 0.859. The third-order valence-electron chi connectivity index (χ3n) is 2.54. The summed E-state index contributed by atoms with van der Waals surface area (Å²) in [5, 5.41) is 2.91. The Morgan fingerprint density at radius 2 is 2.18 bits per heavy atom.